The van der Waals surface area contributed by atoms with Crippen molar-refractivity contribution in [2.45, 2.75) is 56.3 Å². The molecule has 41 heavy (non-hydrogen) atoms. The number of carbonyl (C=O) groups excluding carboxylic acids is 1. The summed E-state index contributed by atoms with van der Waals surface area (Å²) in [7, 11) is -4.49. The molecule has 1 unspecified atom stereocenters. The Hall–Kier alpha value is -3.17. The first-order valence-electron chi connectivity index (χ1n) is 12.6. The van der Waals surface area contributed by atoms with Crippen molar-refractivity contribution in [2.75, 3.05) is 25.6 Å². The van der Waals surface area contributed by atoms with Crippen LogP contribution in [0.15, 0.2) is 48.8 Å². The molecule has 6 N–H and O–H groups in total. The highest BCUT2D eigenvalue weighted by Gasteiger charge is 2.57. The molecular formula is C25H33FN5O9P. The zero-order chi connectivity index (χ0) is 30.0. The van der Waals surface area contributed by atoms with Crippen molar-refractivity contribution < 1.29 is 47.6 Å². The summed E-state index contributed by atoms with van der Waals surface area (Å²) < 4.78 is 51.8. The number of halogens is 1. The van der Waals surface area contributed by atoms with Gasteiger partial charge in [0.1, 0.15) is 60.8 Å². The van der Waals surface area contributed by atoms with Crippen molar-refractivity contribution in [1.29, 1.82) is 0 Å². The summed E-state index contributed by atoms with van der Waals surface area (Å²) in [5.41, 5.74) is 3.03. The van der Waals surface area contributed by atoms with Gasteiger partial charge in [-0.25, -0.2) is 18.5 Å². The van der Waals surface area contributed by atoms with Crippen molar-refractivity contribution in [2.24, 2.45) is 0 Å². The van der Waals surface area contributed by atoms with Gasteiger partial charge in [-0.05, 0) is 45.0 Å². The maximum absolute atomic E-state index is 14.6. The number of alkyl halides is 1. The number of hydrogen-bond acceptors (Lipinski definition) is 12. The summed E-state index contributed by atoms with van der Waals surface area (Å²) in [5.74, 6) is -0.626. The molecule has 4 rings (SSSR count). The van der Waals surface area contributed by atoms with Crippen molar-refractivity contribution in [1.82, 2.24) is 19.7 Å². The highest BCUT2D eigenvalue weighted by Crippen LogP contribution is 2.48. The SMILES string of the molecule is C[C@H](NP(=O)(OC[C@@]1(CF)O[C@@H](c2ccc3c(N)ncnn23)[C@H](O)[C@@H]1O)Oc1ccccc1)C(=O)OCC(C)(C)O. The number of fused-ring (bicyclic) bond motifs is 1. The topological polar surface area (TPSA) is 200 Å². The molecule has 3 heterocycles. The Bertz CT molecular complexity index is 1410. The molecule has 1 fully saturated rings. The van der Waals surface area contributed by atoms with Gasteiger partial charge in [0, 0.05) is 0 Å². The van der Waals surface area contributed by atoms with Crippen molar-refractivity contribution in [3.05, 3.63) is 54.5 Å². The van der Waals surface area contributed by atoms with Gasteiger partial charge in [-0.15, -0.1) is 0 Å². The maximum atomic E-state index is 14.6. The second-order valence-corrected chi connectivity index (χ2v) is 12.0. The summed E-state index contributed by atoms with van der Waals surface area (Å²) in [4.78, 5) is 16.4. The van der Waals surface area contributed by atoms with E-state index >= 15 is 0 Å². The quantitative estimate of drug-likeness (QED) is 0.148. The summed E-state index contributed by atoms with van der Waals surface area (Å²) in [6.07, 6.45) is -3.56. The number of aromatic nitrogens is 3. The number of rotatable bonds is 12. The van der Waals surface area contributed by atoms with E-state index in [2.05, 4.69) is 15.2 Å². The zero-order valence-electron chi connectivity index (χ0n) is 22.6. The number of nitrogen functional groups attached to an aromatic ring is 1. The van der Waals surface area contributed by atoms with Crippen LogP contribution in [0.4, 0.5) is 10.2 Å². The van der Waals surface area contributed by atoms with Gasteiger partial charge in [0.05, 0.1) is 17.9 Å². The standard InChI is InChI=1S/C25H33FN5O9P/c1-15(23(34)37-12-24(2,3)35)30-41(36,40-16-7-5-4-6-8-16)38-13-25(11-26)21(33)19(32)20(39-25)17-9-10-18-22(27)28-14-29-31(17)18/h4-10,14-15,19-21,32-33,35H,11-13H2,1-3H3,(H,30,36)(H2,27,28,29)/t15-,19-,20-,21-,25+,41?/m0/s1. The lowest BCUT2D eigenvalue weighted by atomic mass is 9.96. The number of para-hydroxylation sites is 1. The molecule has 1 aromatic carbocycles. The summed E-state index contributed by atoms with van der Waals surface area (Å²) >= 11 is 0. The van der Waals surface area contributed by atoms with Crippen LogP contribution in [0, 0.1) is 0 Å². The van der Waals surface area contributed by atoms with Crippen LogP contribution >= 0.6 is 7.75 Å². The number of ether oxygens (including phenoxy) is 2. The third kappa shape index (κ3) is 6.84. The molecule has 0 saturated carbocycles. The normalized spacial score (nSPS) is 25.1. The van der Waals surface area contributed by atoms with Crippen LogP contribution in [0.2, 0.25) is 0 Å². The molecule has 0 spiro atoms. The first kappa shape index (κ1) is 30.8. The minimum atomic E-state index is -4.49. The van der Waals surface area contributed by atoms with E-state index in [4.69, 9.17) is 24.3 Å². The fraction of sp³-hybridized carbons (Fsp3) is 0.480. The van der Waals surface area contributed by atoms with Crippen LogP contribution in [-0.4, -0.2) is 85.2 Å². The molecular weight excluding hydrogens is 564 g/mol. The molecule has 0 amide bonds. The smallest absolute Gasteiger partial charge is 0.459 e. The Morgan fingerprint density at radius 1 is 1.29 bits per heavy atom. The first-order chi connectivity index (χ1) is 19.3. The second kappa shape index (κ2) is 12.0. The lowest BCUT2D eigenvalue weighted by Crippen LogP contribution is -2.49. The Labute approximate surface area is 234 Å². The number of nitrogens with one attached hydrogen (secondary N) is 1. The van der Waals surface area contributed by atoms with E-state index in [1.54, 1.807) is 24.3 Å². The number of aliphatic hydroxyl groups is 3. The van der Waals surface area contributed by atoms with Crippen LogP contribution in [-0.2, 0) is 23.4 Å². The molecule has 2 aromatic heterocycles. The molecule has 224 valence electrons. The maximum Gasteiger partial charge on any atom is 0.459 e. The van der Waals surface area contributed by atoms with Crippen molar-refractivity contribution in [3.8, 4) is 5.75 Å². The Kier molecular flexibility index (Phi) is 8.99. The Balaban J connectivity index is 1.56. The predicted molar refractivity (Wildman–Crippen MR) is 142 cm³/mol. The minimum Gasteiger partial charge on any atom is -0.461 e. The average molecular weight is 598 g/mol. The fourth-order valence-corrected chi connectivity index (χ4v) is 5.68. The van der Waals surface area contributed by atoms with Crippen LogP contribution in [0.1, 0.15) is 32.6 Å². The molecule has 14 nitrogen and oxygen atoms in total. The number of esters is 1. The number of carbonyl (C=O) groups is 1. The molecule has 0 radical (unpaired) electrons. The van der Waals surface area contributed by atoms with Crippen molar-refractivity contribution >= 4 is 25.1 Å². The number of aliphatic hydroxyl groups excluding tert-OH is 2. The molecule has 1 aliphatic rings. The van der Waals surface area contributed by atoms with Gasteiger partial charge in [-0.2, -0.15) is 10.2 Å². The second-order valence-electron chi connectivity index (χ2n) is 10.3. The van der Waals surface area contributed by atoms with Crippen LogP contribution < -0.4 is 15.3 Å². The van der Waals surface area contributed by atoms with E-state index in [1.165, 1.54) is 49.8 Å². The lowest BCUT2D eigenvalue weighted by Gasteiger charge is -2.31. The van der Waals surface area contributed by atoms with Gasteiger partial charge in [0.25, 0.3) is 0 Å². The summed E-state index contributed by atoms with van der Waals surface area (Å²) in [6, 6.07) is 9.69. The monoisotopic (exact) mass is 597 g/mol. The highest BCUT2D eigenvalue weighted by atomic mass is 31.2. The third-order valence-electron chi connectivity index (χ3n) is 6.28. The van der Waals surface area contributed by atoms with Gasteiger partial charge < -0.3 is 35.1 Å². The predicted octanol–water partition coefficient (Wildman–Crippen LogP) is 1.31. The molecule has 16 heteroatoms. The molecule has 1 aliphatic heterocycles. The van der Waals surface area contributed by atoms with Gasteiger partial charge in [-0.1, -0.05) is 18.2 Å². The lowest BCUT2D eigenvalue weighted by molar-refractivity contribution is -0.151. The van der Waals surface area contributed by atoms with Crippen LogP contribution in [0.25, 0.3) is 5.52 Å². The van der Waals surface area contributed by atoms with E-state index in [-0.39, 0.29) is 23.9 Å². The van der Waals surface area contributed by atoms with Crippen LogP contribution in [0.5, 0.6) is 5.75 Å². The van der Waals surface area contributed by atoms with Gasteiger partial charge in [0.15, 0.2) is 5.82 Å². The number of benzene rings is 1. The van der Waals surface area contributed by atoms with Gasteiger partial charge in [0.2, 0.25) is 0 Å². The number of anilines is 1. The van der Waals surface area contributed by atoms with Crippen LogP contribution in [0.3, 0.4) is 0 Å². The molecule has 0 bridgehead atoms. The Morgan fingerprint density at radius 3 is 2.66 bits per heavy atom. The molecule has 1 saturated heterocycles. The molecule has 3 aromatic rings. The van der Waals surface area contributed by atoms with Gasteiger partial charge >= 0.3 is 13.7 Å². The zero-order valence-corrected chi connectivity index (χ0v) is 23.5. The van der Waals surface area contributed by atoms with E-state index in [1.807, 2.05) is 0 Å². The number of nitrogens with zero attached hydrogens (tertiary/aromatic N) is 3. The van der Waals surface area contributed by atoms with E-state index < -0.39 is 62.6 Å². The average Bonchev–Trinajstić information content (AvgIpc) is 3.46. The van der Waals surface area contributed by atoms with Gasteiger partial charge in [-0.3, -0.25) is 9.32 Å². The van der Waals surface area contributed by atoms with E-state index in [9.17, 15) is 29.1 Å². The highest BCUT2D eigenvalue weighted by molar-refractivity contribution is 7.52. The summed E-state index contributed by atoms with van der Waals surface area (Å²) in [6.45, 7) is 1.66. The van der Waals surface area contributed by atoms with E-state index in [0.717, 1.165) is 0 Å². The molecule has 6 atom stereocenters. The molecule has 0 aliphatic carbocycles. The number of nitrogens with two attached hydrogens (primary N) is 1. The summed E-state index contributed by atoms with van der Waals surface area (Å²) in [5, 5.41) is 38.1. The minimum absolute atomic E-state index is 0.0948. The van der Waals surface area contributed by atoms with Crippen molar-refractivity contribution in [3.63, 3.8) is 0 Å². The first-order valence-corrected chi connectivity index (χ1v) is 14.2. The number of hydrogen-bond donors (Lipinski definition) is 5. The largest absolute Gasteiger partial charge is 0.461 e. The third-order valence-corrected chi connectivity index (χ3v) is 7.91. The van der Waals surface area contributed by atoms with E-state index in [0.29, 0.717) is 5.52 Å². The fourth-order valence-electron chi connectivity index (χ4n) is 4.13. The Morgan fingerprint density at radius 2 is 2.00 bits per heavy atom.